The van der Waals surface area contributed by atoms with E-state index in [1.807, 2.05) is 13.8 Å². The van der Waals surface area contributed by atoms with Crippen LogP contribution in [0.1, 0.15) is 42.3 Å². The molecule has 15 heavy (non-hydrogen) atoms. The smallest absolute Gasteiger partial charge is 0.0959 e. The third-order valence-corrected chi connectivity index (χ3v) is 4.94. The van der Waals surface area contributed by atoms with Crippen LogP contribution in [0.25, 0.3) is 0 Å². The Kier molecular flexibility index (Phi) is 2.43. The molecule has 1 aromatic heterocycles. The van der Waals surface area contributed by atoms with Crippen LogP contribution in [-0.4, -0.2) is 15.7 Å². The maximum absolute atomic E-state index is 10.4. The lowest BCUT2D eigenvalue weighted by molar-refractivity contribution is -0.00706. The molecule has 0 aromatic carbocycles. The van der Waals surface area contributed by atoms with Gasteiger partial charge in [-0.05, 0) is 39.0 Å². The Balaban J connectivity index is 2.14. The zero-order valence-electron chi connectivity index (χ0n) is 9.92. The molecule has 1 N–H and O–H groups in total. The van der Waals surface area contributed by atoms with Crippen molar-refractivity contribution in [3.63, 3.8) is 0 Å². The maximum Gasteiger partial charge on any atom is 0.0959 e. The predicted octanol–water partition coefficient (Wildman–Crippen LogP) is 2.85. The molecule has 0 radical (unpaired) electrons. The first kappa shape index (κ1) is 11.1. The Labute approximate surface area is 95.4 Å². The zero-order chi connectivity index (χ0) is 11.3. The van der Waals surface area contributed by atoms with Gasteiger partial charge < -0.3 is 5.11 Å². The highest BCUT2D eigenvalue weighted by Gasteiger charge is 2.52. The van der Waals surface area contributed by atoms with E-state index in [4.69, 9.17) is 0 Å². The van der Waals surface area contributed by atoms with Crippen LogP contribution in [0.5, 0.6) is 0 Å². The quantitative estimate of drug-likeness (QED) is 0.858. The Morgan fingerprint density at radius 3 is 2.47 bits per heavy atom. The highest BCUT2D eigenvalue weighted by atomic mass is 32.1. The second-order valence-corrected chi connectivity index (χ2v) is 6.55. The highest BCUT2D eigenvalue weighted by Crippen LogP contribution is 2.54. The fourth-order valence-electron chi connectivity index (χ4n) is 1.85. The van der Waals surface area contributed by atoms with Gasteiger partial charge in [0, 0.05) is 11.3 Å². The van der Waals surface area contributed by atoms with Gasteiger partial charge in [0.25, 0.3) is 0 Å². The molecule has 2 nitrogen and oxygen atoms in total. The second-order valence-electron chi connectivity index (χ2n) is 5.26. The molecule has 1 fully saturated rings. The van der Waals surface area contributed by atoms with Gasteiger partial charge in [-0.1, -0.05) is 6.92 Å². The van der Waals surface area contributed by atoms with Crippen LogP contribution in [0.3, 0.4) is 0 Å². The number of nitrogens with zero attached hydrogens (tertiary/aromatic N) is 1. The molecule has 1 atom stereocenters. The first-order chi connectivity index (χ1) is 6.84. The summed E-state index contributed by atoms with van der Waals surface area (Å²) in [4.78, 5) is 5.76. The monoisotopic (exact) mass is 225 g/mol. The van der Waals surface area contributed by atoms with Crippen LogP contribution in [0.4, 0.5) is 0 Å². The van der Waals surface area contributed by atoms with Crippen molar-refractivity contribution < 1.29 is 5.11 Å². The molecule has 0 saturated heterocycles. The van der Waals surface area contributed by atoms with Crippen molar-refractivity contribution in [2.45, 2.75) is 52.6 Å². The van der Waals surface area contributed by atoms with E-state index in [9.17, 15) is 5.11 Å². The SMILES string of the molecule is Cc1nc(CC(C)(O)C2(C)CC2)sc1C. The number of hydrogen-bond acceptors (Lipinski definition) is 3. The Hall–Kier alpha value is -0.410. The van der Waals surface area contributed by atoms with E-state index in [1.54, 1.807) is 11.3 Å². The van der Waals surface area contributed by atoms with E-state index < -0.39 is 5.60 Å². The third-order valence-electron chi connectivity index (χ3n) is 3.87. The van der Waals surface area contributed by atoms with Crippen molar-refractivity contribution >= 4 is 11.3 Å². The fraction of sp³-hybridized carbons (Fsp3) is 0.750. The molecule has 2 rings (SSSR count). The minimum atomic E-state index is -0.594. The largest absolute Gasteiger partial charge is 0.389 e. The van der Waals surface area contributed by atoms with Crippen LogP contribution < -0.4 is 0 Å². The number of hydrogen-bond donors (Lipinski definition) is 1. The van der Waals surface area contributed by atoms with Gasteiger partial charge in [-0.3, -0.25) is 0 Å². The average Bonchev–Trinajstić information content (AvgIpc) is 2.77. The van der Waals surface area contributed by atoms with Crippen molar-refractivity contribution in [2.75, 3.05) is 0 Å². The first-order valence-corrected chi connectivity index (χ1v) is 6.31. The van der Waals surface area contributed by atoms with Crippen molar-refractivity contribution in [3.05, 3.63) is 15.6 Å². The van der Waals surface area contributed by atoms with Crippen molar-refractivity contribution in [1.29, 1.82) is 0 Å². The van der Waals surface area contributed by atoms with Gasteiger partial charge in [-0.15, -0.1) is 11.3 Å². The molecule has 3 heteroatoms. The molecule has 1 saturated carbocycles. The van der Waals surface area contributed by atoms with E-state index in [0.29, 0.717) is 6.42 Å². The van der Waals surface area contributed by atoms with E-state index in [-0.39, 0.29) is 5.41 Å². The lowest BCUT2D eigenvalue weighted by atomic mass is 9.85. The topological polar surface area (TPSA) is 33.1 Å². The lowest BCUT2D eigenvalue weighted by Gasteiger charge is -2.29. The normalized spacial score (nSPS) is 22.5. The molecule has 1 aromatic rings. The van der Waals surface area contributed by atoms with Gasteiger partial charge >= 0.3 is 0 Å². The first-order valence-electron chi connectivity index (χ1n) is 5.49. The maximum atomic E-state index is 10.4. The summed E-state index contributed by atoms with van der Waals surface area (Å²) in [5.41, 5.74) is 0.635. The van der Waals surface area contributed by atoms with E-state index in [0.717, 1.165) is 23.5 Å². The summed E-state index contributed by atoms with van der Waals surface area (Å²) in [5, 5.41) is 11.5. The van der Waals surface area contributed by atoms with Gasteiger partial charge in [0.15, 0.2) is 0 Å². The Morgan fingerprint density at radius 1 is 1.47 bits per heavy atom. The zero-order valence-corrected chi connectivity index (χ0v) is 10.7. The van der Waals surface area contributed by atoms with Crippen LogP contribution in [0.15, 0.2) is 0 Å². The fourth-order valence-corrected chi connectivity index (χ4v) is 2.93. The Bertz CT molecular complexity index is 357. The van der Waals surface area contributed by atoms with Crippen LogP contribution >= 0.6 is 11.3 Å². The molecule has 84 valence electrons. The van der Waals surface area contributed by atoms with Crippen LogP contribution in [-0.2, 0) is 6.42 Å². The molecule has 0 aliphatic heterocycles. The molecule has 1 aliphatic carbocycles. The molecule has 1 heterocycles. The van der Waals surface area contributed by atoms with Crippen molar-refractivity contribution in [3.8, 4) is 0 Å². The lowest BCUT2D eigenvalue weighted by Crippen LogP contribution is -2.36. The molecule has 1 aliphatic rings. The summed E-state index contributed by atoms with van der Waals surface area (Å²) in [6.07, 6.45) is 2.98. The third kappa shape index (κ3) is 1.95. The van der Waals surface area contributed by atoms with Gasteiger partial charge in [0.2, 0.25) is 0 Å². The molecular weight excluding hydrogens is 206 g/mol. The second kappa shape index (κ2) is 3.29. The van der Waals surface area contributed by atoms with Crippen LogP contribution in [0, 0.1) is 19.3 Å². The number of aliphatic hydroxyl groups is 1. The summed E-state index contributed by atoms with van der Waals surface area (Å²) >= 11 is 1.71. The van der Waals surface area contributed by atoms with Gasteiger partial charge in [-0.2, -0.15) is 0 Å². The average molecular weight is 225 g/mol. The minimum Gasteiger partial charge on any atom is -0.389 e. The highest BCUT2D eigenvalue weighted by molar-refractivity contribution is 7.11. The van der Waals surface area contributed by atoms with Crippen molar-refractivity contribution in [2.24, 2.45) is 5.41 Å². The molecule has 0 amide bonds. The summed E-state index contributed by atoms with van der Waals surface area (Å²) < 4.78 is 0. The van der Waals surface area contributed by atoms with E-state index in [1.165, 1.54) is 4.88 Å². The van der Waals surface area contributed by atoms with Gasteiger partial charge in [-0.25, -0.2) is 4.98 Å². The number of rotatable bonds is 3. The van der Waals surface area contributed by atoms with E-state index >= 15 is 0 Å². The Morgan fingerprint density at radius 2 is 2.07 bits per heavy atom. The van der Waals surface area contributed by atoms with Crippen LogP contribution in [0.2, 0.25) is 0 Å². The standard InChI is InChI=1S/C12H19NOS/c1-8-9(2)15-10(13-8)7-12(4,14)11(3)5-6-11/h14H,5-7H2,1-4H3. The minimum absolute atomic E-state index is 0.125. The van der Waals surface area contributed by atoms with Crippen molar-refractivity contribution in [1.82, 2.24) is 4.98 Å². The summed E-state index contributed by atoms with van der Waals surface area (Å²) in [6.45, 7) is 8.24. The molecule has 0 spiro atoms. The number of thiazole rings is 1. The van der Waals surface area contributed by atoms with E-state index in [2.05, 4.69) is 18.8 Å². The van der Waals surface area contributed by atoms with Gasteiger partial charge in [0.1, 0.15) is 0 Å². The molecule has 0 bridgehead atoms. The molecular formula is C12H19NOS. The summed E-state index contributed by atoms with van der Waals surface area (Å²) in [7, 11) is 0. The summed E-state index contributed by atoms with van der Waals surface area (Å²) in [5.74, 6) is 0. The molecule has 1 unspecified atom stereocenters. The predicted molar refractivity (Wildman–Crippen MR) is 63.3 cm³/mol. The number of aryl methyl sites for hydroxylation is 2. The summed E-state index contributed by atoms with van der Waals surface area (Å²) in [6, 6.07) is 0. The number of aromatic nitrogens is 1. The van der Waals surface area contributed by atoms with Gasteiger partial charge in [0.05, 0.1) is 16.3 Å².